The minimum atomic E-state index is -0.0423. The van der Waals surface area contributed by atoms with E-state index in [1.807, 2.05) is 17.5 Å². The Hall–Kier alpha value is -1.44. The Bertz CT molecular complexity index is 566. The average Bonchev–Trinajstić information content (AvgIpc) is 3.20. The van der Waals surface area contributed by atoms with Gasteiger partial charge in [-0.2, -0.15) is 4.98 Å². The second-order valence-corrected chi connectivity index (χ2v) is 5.63. The first-order chi connectivity index (χ1) is 9.83. The van der Waals surface area contributed by atoms with Gasteiger partial charge in [0.05, 0.1) is 10.9 Å². The molecule has 0 aliphatic carbocycles. The van der Waals surface area contributed by atoms with Crippen LogP contribution < -0.4 is 10.6 Å². The highest BCUT2D eigenvalue weighted by Crippen LogP contribution is 2.21. The smallest absolute Gasteiger partial charge is 0.237 e. The number of thiophene rings is 1. The summed E-state index contributed by atoms with van der Waals surface area (Å²) in [7, 11) is 0. The number of amides is 1. The van der Waals surface area contributed by atoms with Gasteiger partial charge in [0, 0.05) is 13.0 Å². The van der Waals surface area contributed by atoms with E-state index >= 15 is 0 Å². The van der Waals surface area contributed by atoms with E-state index in [1.54, 1.807) is 11.3 Å². The Morgan fingerprint density at radius 2 is 2.48 bits per heavy atom. The Labute approximate surface area is 132 Å². The zero-order chi connectivity index (χ0) is 13.8. The molecule has 114 valence electrons. The molecule has 0 saturated carbocycles. The Morgan fingerprint density at radius 3 is 3.19 bits per heavy atom. The molecule has 0 radical (unpaired) electrons. The van der Waals surface area contributed by atoms with E-state index < -0.39 is 0 Å². The molecule has 8 heteroatoms. The van der Waals surface area contributed by atoms with Crippen molar-refractivity contribution in [1.82, 2.24) is 20.8 Å². The largest absolute Gasteiger partial charge is 0.354 e. The van der Waals surface area contributed by atoms with E-state index in [4.69, 9.17) is 4.52 Å². The summed E-state index contributed by atoms with van der Waals surface area (Å²) in [4.78, 5) is 17.1. The fraction of sp³-hybridized carbons (Fsp3) is 0.462. The summed E-state index contributed by atoms with van der Waals surface area (Å²) >= 11 is 1.57. The maximum atomic E-state index is 11.8. The molecule has 1 aliphatic rings. The van der Waals surface area contributed by atoms with Crippen LogP contribution in [0.2, 0.25) is 0 Å². The van der Waals surface area contributed by atoms with Crippen LogP contribution in [-0.4, -0.2) is 35.2 Å². The van der Waals surface area contributed by atoms with Crippen molar-refractivity contribution < 1.29 is 9.32 Å². The highest BCUT2D eigenvalue weighted by atomic mass is 35.5. The van der Waals surface area contributed by atoms with Gasteiger partial charge in [0.2, 0.25) is 17.6 Å². The molecule has 6 nitrogen and oxygen atoms in total. The number of nitrogens with one attached hydrogen (secondary N) is 2. The lowest BCUT2D eigenvalue weighted by Gasteiger charge is -2.09. The number of nitrogens with zero attached hydrogens (tertiary/aromatic N) is 2. The molecule has 1 fully saturated rings. The predicted molar refractivity (Wildman–Crippen MR) is 82.6 cm³/mol. The first-order valence-electron chi connectivity index (χ1n) is 6.70. The van der Waals surface area contributed by atoms with Crippen molar-refractivity contribution in [1.29, 1.82) is 0 Å². The van der Waals surface area contributed by atoms with Crippen molar-refractivity contribution in [2.45, 2.75) is 25.3 Å². The molecule has 1 saturated heterocycles. The molecule has 1 amide bonds. The molecule has 0 bridgehead atoms. The normalized spacial score (nSPS) is 17.4. The van der Waals surface area contributed by atoms with Crippen molar-refractivity contribution in [3.63, 3.8) is 0 Å². The van der Waals surface area contributed by atoms with Gasteiger partial charge in [-0.05, 0) is 30.8 Å². The Balaban J connectivity index is 0.00000161. The Morgan fingerprint density at radius 1 is 1.57 bits per heavy atom. The maximum absolute atomic E-state index is 11.8. The van der Waals surface area contributed by atoms with Crippen LogP contribution in [0.1, 0.15) is 18.7 Å². The summed E-state index contributed by atoms with van der Waals surface area (Å²) in [6.45, 7) is 1.44. The second kappa shape index (κ2) is 7.53. The number of halogens is 1. The zero-order valence-electron chi connectivity index (χ0n) is 11.4. The summed E-state index contributed by atoms with van der Waals surface area (Å²) in [5.41, 5.74) is 0. The molecule has 3 heterocycles. The highest BCUT2D eigenvalue weighted by Gasteiger charge is 2.21. The molecule has 2 N–H and O–H groups in total. The summed E-state index contributed by atoms with van der Waals surface area (Å²) in [6, 6.07) is 3.86. The van der Waals surface area contributed by atoms with E-state index in [-0.39, 0.29) is 24.4 Å². The van der Waals surface area contributed by atoms with Crippen molar-refractivity contribution in [2.75, 3.05) is 13.1 Å². The van der Waals surface area contributed by atoms with Gasteiger partial charge < -0.3 is 15.2 Å². The van der Waals surface area contributed by atoms with Crippen LogP contribution in [0.4, 0.5) is 0 Å². The van der Waals surface area contributed by atoms with Crippen LogP contribution >= 0.6 is 23.7 Å². The topological polar surface area (TPSA) is 80.1 Å². The van der Waals surface area contributed by atoms with Crippen molar-refractivity contribution >= 4 is 29.7 Å². The third kappa shape index (κ3) is 4.03. The summed E-state index contributed by atoms with van der Waals surface area (Å²) in [6.07, 6.45) is 2.53. The van der Waals surface area contributed by atoms with Gasteiger partial charge in [0.1, 0.15) is 0 Å². The van der Waals surface area contributed by atoms with Crippen LogP contribution in [-0.2, 0) is 11.2 Å². The molecule has 1 unspecified atom stereocenters. The third-order valence-corrected chi connectivity index (χ3v) is 4.09. The van der Waals surface area contributed by atoms with Gasteiger partial charge >= 0.3 is 0 Å². The predicted octanol–water partition coefficient (Wildman–Crippen LogP) is 1.63. The third-order valence-electron chi connectivity index (χ3n) is 3.22. The second-order valence-electron chi connectivity index (χ2n) is 4.68. The Kier molecular flexibility index (Phi) is 5.72. The fourth-order valence-corrected chi connectivity index (χ4v) is 2.84. The number of hydrogen-bond acceptors (Lipinski definition) is 6. The van der Waals surface area contributed by atoms with Gasteiger partial charge in [-0.3, -0.25) is 4.79 Å². The van der Waals surface area contributed by atoms with Crippen LogP contribution in [0.3, 0.4) is 0 Å². The summed E-state index contributed by atoms with van der Waals surface area (Å²) < 4.78 is 5.17. The molecule has 0 aromatic carbocycles. The minimum absolute atomic E-state index is 0. The first-order valence-corrected chi connectivity index (χ1v) is 7.58. The number of rotatable bonds is 5. The maximum Gasteiger partial charge on any atom is 0.237 e. The first kappa shape index (κ1) is 15.9. The lowest BCUT2D eigenvalue weighted by molar-refractivity contribution is -0.122. The van der Waals surface area contributed by atoms with Crippen molar-refractivity contribution in [3.05, 3.63) is 23.4 Å². The summed E-state index contributed by atoms with van der Waals surface area (Å²) in [5, 5.41) is 12.0. The number of carbonyl (C=O) groups is 1. The highest BCUT2D eigenvalue weighted by molar-refractivity contribution is 7.13. The lowest BCUT2D eigenvalue weighted by Crippen LogP contribution is -2.41. The molecule has 1 aliphatic heterocycles. The SMILES string of the molecule is Cl.O=C(NCCc1nc(-c2cccs2)no1)C1CCCN1. The van der Waals surface area contributed by atoms with E-state index in [1.165, 1.54) is 0 Å². The van der Waals surface area contributed by atoms with Gasteiger partial charge in [0.15, 0.2) is 0 Å². The van der Waals surface area contributed by atoms with Gasteiger partial charge in [-0.15, -0.1) is 23.7 Å². The molecular formula is C13H17ClN4O2S. The van der Waals surface area contributed by atoms with Gasteiger partial charge in [-0.25, -0.2) is 0 Å². The van der Waals surface area contributed by atoms with E-state index in [0.717, 1.165) is 24.3 Å². The van der Waals surface area contributed by atoms with Gasteiger partial charge in [0.25, 0.3) is 0 Å². The van der Waals surface area contributed by atoms with Crippen LogP contribution in [0.15, 0.2) is 22.0 Å². The van der Waals surface area contributed by atoms with E-state index in [0.29, 0.717) is 24.7 Å². The minimum Gasteiger partial charge on any atom is -0.354 e. The van der Waals surface area contributed by atoms with E-state index in [2.05, 4.69) is 20.8 Å². The fourth-order valence-electron chi connectivity index (χ4n) is 2.19. The standard InChI is InChI=1S/C13H16N4O2S.ClH/c18-13(9-3-1-6-14-9)15-7-5-11-16-12(17-19-11)10-4-2-8-20-10;/h2,4,8-9,14H,1,3,5-7H2,(H,15,18);1H. The van der Waals surface area contributed by atoms with Gasteiger partial charge in [-0.1, -0.05) is 11.2 Å². The molecule has 3 rings (SSSR count). The van der Waals surface area contributed by atoms with Crippen molar-refractivity contribution in [3.8, 4) is 10.7 Å². The molecule has 2 aromatic heterocycles. The monoisotopic (exact) mass is 328 g/mol. The number of aromatic nitrogens is 2. The zero-order valence-corrected chi connectivity index (χ0v) is 13.0. The molecule has 1 atom stereocenters. The summed E-state index contributed by atoms with van der Waals surface area (Å²) in [5.74, 6) is 1.22. The molecule has 2 aromatic rings. The molecule has 21 heavy (non-hydrogen) atoms. The van der Waals surface area contributed by atoms with Crippen LogP contribution in [0, 0.1) is 0 Å². The van der Waals surface area contributed by atoms with Crippen LogP contribution in [0.25, 0.3) is 10.7 Å². The average molecular weight is 329 g/mol. The van der Waals surface area contributed by atoms with E-state index in [9.17, 15) is 4.79 Å². The van der Waals surface area contributed by atoms with Crippen molar-refractivity contribution in [2.24, 2.45) is 0 Å². The number of carbonyl (C=O) groups excluding carboxylic acids is 1. The quantitative estimate of drug-likeness (QED) is 0.872. The lowest BCUT2D eigenvalue weighted by atomic mass is 10.2. The molecular weight excluding hydrogens is 312 g/mol. The number of hydrogen-bond donors (Lipinski definition) is 2. The van der Waals surface area contributed by atoms with Crippen LogP contribution in [0.5, 0.6) is 0 Å². The molecule has 0 spiro atoms.